The highest BCUT2D eigenvalue weighted by atomic mass is 19.1. The normalized spacial score (nSPS) is 10.4. The summed E-state index contributed by atoms with van der Waals surface area (Å²) in [5, 5.41) is 6.40. The quantitative estimate of drug-likeness (QED) is 0.604. The molecular formula is C21H23FN4O2. The molecule has 0 saturated carbocycles. The molecule has 146 valence electrons. The molecule has 3 rings (SSSR count). The predicted octanol–water partition coefficient (Wildman–Crippen LogP) is 4.34. The summed E-state index contributed by atoms with van der Waals surface area (Å²) in [6.07, 6.45) is 0.776. The molecule has 0 unspecified atom stereocenters. The lowest BCUT2D eigenvalue weighted by Crippen LogP contribution is -2.09. The van der Waals surface area contributed by atoms with Crippen molar-refractivity contribution in [3.63, 3.8) is 0 Å². The van der Waals surface area contributed by atoms with Gasteiger partial charge >= 0.3 is 0 Å². The lowest BCUT2D eigenvalue weighted by Gasteiger charge is -2.11. The van der Waals surface area contributed by atoms with E-state index in [0.29, 0.717) is 29.8 Å². The molecule has 0 aliphatic rings. The Hall–Kier alpha value is -3.35. The second-order valence-corrected chi connectivity index (χ2v) is 6.22. The lowest BCUT2D eigenvalue weighted by atomic mass is 10.1. The Morgan fingerprint density at radius 1 is 0.929 bits per heavy atom. The van der Waals surface area contributed by atoms with E-state index in [9.17, 15) is 4.39 Å². The van der Waals surface area contributed by atoms with Crippen molar-refractivity contribution >= 4 is 17.5 Å². The summed E-state index contributed by atoms with van der Waals surface area (Å²) in [5.41, 5.74) is 2.70. The first kappa shape index (κ1) is 19.4. The van der Waals surface area contributed by atoms with Crippen LogP contribution in [0.3, 0.4) is 0 Å². The summed E-state index contributed by atoms with van der Waals surface area (Å²) < 4.78 is 23.6. The third-order valence-corrected chi connectivity index (χ3v) is 4.12. The number of anilines is 3. The molecular weight excluding hydrogens is 359 g/mol. The molecule has 3 aromatic rings. The molecule has 0 fully saturated rings. The third kappa shape index (κ3) is 5.09. The molecule has 6 nitrogen and oxygen atoms in total. The number of ether oxygens (including phenoxy) is 2. The predicted molar refractivity (Wildman–Crippen MR) is 108 cm³/mol. The van der Waals surface area contributed by atoms with Gasteiger partial charge in [0, 0.05) is 24.0 Å². The van der Waals surface area contributed by atoms with Gasteiger partial charge in [-0.15, -0.1) is 0 Å². The number of nitrogens with one attached hydrogen (secondary N) is 2. The minimum atomic E-state index is -0.276. The van der Waals surface area contributed by atoms with Crippen LogP contribution in [0, 0.1) is 12.7 Å². The Kier molecular flexibility index (Phi) is 6.26. The molecule has 0 aliphatic heterocycles. The van der Waals surface area contributed by atoms with Gasteiger partial charge < -0.3 is 20.1 Å². The second-order valence-electron chi connectivity index (χ2n) is 6.22. The first-order valence-electron chi connectivity index (χ1n) is 8.90. The van der Waals surface area contributed by atoms with Crippen LogP contribution in [-0.4, -0.2) is 30.7 Å². The number of aryl methyl sites for hydroxylation is 1. The van der Waals surface area contributed by atoms with Gasteiger partial charge in [0.2, 0.25) is 5.95 Å². The van der Waals surface area contributed by atoms with Gasteiger partial charge in [-0.25, -0.2) is 9.37 Å². The van der Waals surface area contributed by atoms with E-state index in [1.165, 1.54) is 12.1 Å². The minimum Gasteiger partial charge on any atom is -0.493 e. The number of rotatable bonds is 8. The summed E-state index contributed by atoms with van der Waals surface area (Å²) >= 11 is 0. The molecule has 28 heavy (non-hydrogen) atoms. The van der Waals surface area contributed by atoms with Gasteiger partial charge in [0.25, 0.3) is 0 Å². The van der Waals surface area contributed by atoms with Gasteiger partial charge in [-0.1, -0.05) is 6.07 Å². The van der Waals surface area contributed by atoms with Gasteiger partial charge in [0.1, 0.15) is 11.6 Å². The SMILES string of the molecule is COc1ccc(CCNc2nc(C)cc(Nc3ccc(F)cc3)n2)cc1OC. The fourth-order valence-corrected chi connectivity index (χ4v) is 2.75. The van der Waals surface area contributed by atoms with Crippen molar-refractivity contribution in [2.75, 3.05) is 31.4 Å². The van der Waals surface area contributed by atoms with Gasteiger partial charge in [-0.2, -0.15) is 4.98 Å². The first-order valence-corrected chi connectivity index (χ1v) is 8.90. The molecule has 1 heterocycles. The maximum absolute atomic E-state index is 13.0. The average molecular weight is 382 g/mol. The lowest BCUT2D eigenvalue weighted by molar-refractivity contribution is 0.354. The van der Waals surface area contributed by atoms with Crippen LogP contribution >= 0.6 is 0 Å². The van der Waals surface area contributed by atoms with E-state index in [4.69, 9.17) is 9.47 Å². The number of nitrogens with zero attached hydrogens (tertiary/aromatic N) is 2. The van der Waals surface area contributed by atoms with E-state index in [-0.39, 0.29) is 5.82 Å². The average Bonchev–Trinajstić information content (AvgIpc) is 2.69. The number of hydrogen-bond donors (Lipinski definition) is 2. The Balaban J connectivity index is 1.63. The second kappa shape index (κ2) is 9.03. The zero-order chi connectivity index (χ0) is 19.9. The van der Waals surface area contributed by atoms with Gasteiger partial charge in [0.05, 0.1) is 14.2 Å². The molecule has 2 aromatic carbocycles. The molecule has 1 aromatic heterocycles. The van der Waals surface area contributed by atoms with Crippen molar-refractivity contribution in [2.45, 2.75) is 13.3 Å². The molecule has 0 aliphatic carbocycles. The van der Waals surface area contributed by atoms with Crippen LogP contribution in [0.2, 0.25) is 0 Å². The number of hydrogen-bond acceptors (Lipinski definition) is 6. The maximum atomic E-state index is 13.0. The van der Waals surface area contributed by atoms with Crippen LogP contribution in [0.15, 0.2) is 48.5 Å². The highest BCUT2D eigenvalue weighted by Crippen LogP contribution is 2.27. The van der Waals surface area contributed by atoms with Crippen molar-refractivity contribution in [3.8, 4) is 11.5 Å². The van der Waals surface area contributed by atoms with Crippen molar-refractivity contribution < 1.29 is 13.9 Å². The van der Waals surface area contributed by atoms with E-state index in [1.54, 1.807) is 26.4 Å². The Morgan fingerprint density at radius 2 is 1.68 bits per heavy atom. The van der Waals surface area contributed by atoms with E-state index in [0.717, 1.165) is 23.4 Å². The van der Waals surface area contributed by atoms with E-state index in [2.05, 4.69) is 20.6 Å². The molecule has 0 saturated heterocycles. The Bertz CT molecular complexity index is 932. The van der Waals surface area contributed by atoms with Crippen LogP contribution in [0.5, 0.6) is 11.5 Å². The molecule has 0 amide bonds. The summed E-state index contributed by atoms with van der Waals surface area (Å²) in [7, 11) is 3.24. The monoisotopic (exact) mass is 382 g/mol. The summed E-state index contributed by atoms with van der Waals surface area (Å²) in [6.45, 7) is 2.56. The fraction of sp³-hybridized carbons (Fsp3) is 0.238. The molecule has 0 radical (unpaired) electrons. The van der Waals surface area contributed by atoms with Crippen LogP contribution < -0.4 is 20.1 Å². The topological polar surface area (TPSA) is 68.3 Å². The van der Waals surface area contributed by atoms with Crippen molar-refractivity contribution in [1.82, 2.24) is 9.97 Å². The first-order chi connectivity index (χ1) is 13.6. The van der Waals surface area contributed by atoms with E-state index < -0.39 is 0 Å². The van der Waals surface area contributed by atoms with Crippen LogP contribution in [-0.2, 0) is 6.42 Å². The highest BCUT2D eigenvalue weighted by Gasteiger charge is 2.06. The molecule has 0 bridgehead atoms. The summed E-state index contributed by atoms with van der Waals surface area (Å²) in [5.74, 6) is 2.31. The zero-order valence-electron chi connectivity index (χ0n) is 16.1. The van der Waals surface area contributed by atoms with Crippen LogP contribution in [0.25, 0.3) is 0 Å². The highest BCUT2D eigenvalue weighted by molar-refractivity contribution is 5.57. The summed E-state index contributed by atoms with van der Waals surface area (Å²) in [6, 6.07) is 13.8. The summed E-state index contributed by atoms with van der Waals surface area (Å²) in [4.78, 5) is 8.89. The maximum Gasteiger partial charge on any atom is 0.224 e. The standard InChI is InChI=1S/C21H23FN4O2/c1-14-12-20(25-17-7-5-16(22)6-8-17)26-21(24-14)23-11-10-15-4-9-18(27-2)19(13-15)28-3/h4-9,12-13H,10-11H2,1-3H3,(H2,23,24,25,26). The Morgan fingerprint density at radius 3 is 2.39 bits per heavy atom. The molecule has 0 spiro atoms. The number of aromatic nitrogens is 2. The van der Waals surface area contributed by atoms with Crippen molar-refractivity contribution in [1.29, 1.82) is 0 Å². The van der Waals surface area contributed by atoms with Gasteiger partial charge in [-0.05, 0) is 55.3 Å². The smallest absolute Gasteiger partial charge is 0.224 e. The molecule has 0 atom stereocenters. The molecule has 2 N–H and O–H groups in total. The van der Waals surface area contributed by atoms with Crippen molar-refractivity contribution in [2.24, 2.45) is 0 Å². The fourth-order valence-electron chi connectivity index (χ4n) is 2.75. The van der Waals surface area contributed by atoms with Gasteiger partial charge in [-0.3, -0.25) is 0 Å². The van der Waals surface area contributed by atoms with Gasteiger partial charge in [0.15, 0.2) is 11.5 Å². The van der Waals surface area contributed by atoms with Crippen LogP contribution in [0.4, 0.5) is 21.8 Å². The van der Waals surface area contributed by atoms with E-state index in [1.807, 2.05) is 31.2 Å². The van der Waals surface area contributed by atoms with E-state index >= 15 is 0 Å². The third-order valence-electron chi connectivity index (χ3n) is 4.12. The number of methoxy groups -OCH3 is 2. The zero-order valence-corrected chi connectivity index (χ0v) is 16.1. The number of benzene rings is 2. The number of halogens is 1. The van der Waals surface area contributed by atoms with Crippen molar-refractivity contribution in [3.05, 3.63) is 65.6 Å². The Labute approximate surface area is 163 Å². The minimum absolute atomic E-state index is 0.276. The largest absolute Gasteiger partial charge is 0.493 e. The molecule has 7 heteroatoms. The van der Waals surface area contributed by atoms with Crippen LogP contribution in [0.1, 0.15) is 11.3 Å².